The average Bonchev–Trinajstić information content (AvgIpc) is 3.19. The van der Waals surface area contributed by atoms with E-state index in [4.69, 9.17) is 9.26 Å². The Bertz CT molecular complexity index is 973. The van der Waals surface area contributed by atoms with Crippen LogP contribution in [0.1, 0.15) is 16.1 Å². The maximum atomic E-state index is 12.6. The molecule has 2 heterocycles. The van der Waals surface area contributed by atoms with Gasteiger partial charge in [0.2, 0.25) is 10.0 Å². The Balaban J connectivity index is 1.78. The molecule has 0 aliphatic heterocycles. The highest BCUT2D eigenvalue weighted by atomic mass is 32.2. The largest absolute Gasteiger partial charge is 0.497 e. The van der Waals surface area contributed by atoms with Crippen molar-refractivity contribution in [2.24, 2.45) is 0 Å². The number of aromatic nitrogens is 1. The summed E-state index contributed by atoms with van der Waals surface area (Å²) in [6, 6.07) is 10.6. The summed E-state index contributed by atoms with van der Waals surface area (Å²) in [7, 11) is -2.03. The highest BCUT2D eigenvalue weighted by Crippen LogP contribution is 2.33. The lowest BCUT2D eigenvalue weighted by atomic mass is 10.2. The standard InChI is InChI=1S/C17H18N2O4S2/c1-11-8-15(23-19-11)16-9-17(12(2)24-16)25(20,21)18-10-13-4-6-14(22-3)7-5-13/h4-9,18H,10H2,1-3H3. The topological polar surface area (TPSA) is 81.4 Å². The van der Waals surface area contributed by atoms with E-state index in [0.717, 1.165) is 21.9 Å². The lowest BCUT2D eigenvalue weighted by Crippen LogP contribution is -2.23. The smallest absolute Gasteiger partial charge is 0.241 e. The summed E-state index contributed by atoms with van der Waals surface area (Å²) in [6.45, 7) is 3.80. The van der Waals surface area contributed by atoms with Crippen LogP contribution in [0.15, 0.2) is 45.8 Å². The fourth-order valence-electron chi connectivity index (χ4n) is 2.33. The molecule has 25 heavy (non-hydrogen) atoms. The van der Waals surface area contributed by atoms with Crippen molar-refractivity contribution in [3.63, 3.8) is 0 Å². The molecule has 2 aromatic heterocycles. The number of nitrogens with one attached hydrogen (secondary N) is 1. The lowest BCUT2D eigenvalue weighted by molar-refractivity contribution is 0.414. The summed E-state index contributed by atoms with van der Waals surface area (Å²) >= 11 is 1.36. The highest BCUT2D eigenvalue weighted by molar-refractivity contribution is 7.89. The lowest BCUT2D eigenvalue weighted by Gasteiger charge is -2.07. The zero-order chi connectivity index (χ0) is 18.0. The number of nitrogens with zero attached hydrogens (tertiary/aromatic N) is 1. The van der Waals surface area contributed by atoms with Crippen LogP contribution in [0.3, 0.4) is 0 Å². The molecular weight excluding hydrogens is 360 g/mol. The fourth-order valence-corrected chi connectivity index (χ4v) is 4.89. The highest BCUT2D eigenvalue weighted by Gasteiger charge is 2.21. The summed E-state index contributed by atoms with van der Waals surface area (Å²) in [5, 5.41) is 3.84. The number of benzene rings is 1. The van der Waals surface area contributed by atoms with E-state index in [1.807, 2.05) is 19.1 Å². The molecule has 0 spiro atoms. The number of hydrogen-bond donors (Lipinski definition) is 1. The number of hydrogen-bond acceptors (Lipinski definition) is 6. The Morgan fingerprint density at radius 1 is 1.20 bits per heavy atom. The molecule has 0 fully saturated rings. The summed E-state index contributed by atoms with van der Waals surface area (Å²) in [6.07, 6.45) is 0. The van der Waals surface area contributed by atoms with E-state index in [-0.39, 0.29) is 11.4 Å². The summed E-state index contributed by atoms with van der Waals surface area (Å²) in [4.78, 5) is 1.70. The molecule has 0 aliphatic carbocycles. The van der Waals surface area contributed by atoms with Crippen LogP contribution in [-0.2, 0) is 16.6 Å². The van der Waals surface area contributed by atoms with Crippen molar-refractivity contribution in [3.8, 4) is 16.4 Å². The molecule has 0 saturated carbocycles. The Morgan fingerprint density at radius 3 is 2.52 bits per heavy atom. The molecule has 132 valence electrons. The van der Waals surface area contributed by atoms with E-state index < -0.39 is 10.0 Å². The molecule has 0 bridgehead atoms. The third kappa shape index (κ3) is 3.92. The first-order valence-corrected chi connectivity index (χ1v) is 9.86. The van der Waals surface area contributed by atoms with Gasteiger partial charge in [-0.25, -0.2) is 13.1 Å². The first-order chi connectivity index (χ1) is 11.9. The molecular formula is C17H18N2O4S2. The van der Waals surface area contributed by atoms with Gasteiger partial charge < -0.3 is 9.26 Å². The van der Waals surface area contributed by atoms with Crippen LogP contribution >= 0.6 is 11.3 Å². The minimum absolute atomic E-state index is 0.207. The van der Waals surface area contributed by atoms with E-state index in [1.165, 1.54) is 11.3 Å². The quantitative estimate of drug-likeness (QED) is 0.710. The molecule has 0 radical (unpaired) electrons. The Labute approximate surface area is 150 Å². The molecule has 3 aromatic rings. The Hall–Kier alpha value is -2.16. The number of rotatable bonds is 6. The molecule has 0 amide bonds. The van der Waals surface area contributed by atoms with Gasteiger partial charge in [0.05, 0.1) is 22.6 Å². The second-order valence-electron chi connectivity index (χ2n) is 5.54. The van der Waals surface area contributed by atoms with Crippen LogP contribution in [-0.4, -0.2) is 20.7 Å². The van der Waals surface area contributed by atoms with E-state index >= 15 is 0 Å². The van der Waals surface area contributed by atoms with Crippen LogP contribution in [0.25, 0.3) is 10.6 Å². The maximum absolute atomic E-state index is 12.6. The number of sulfonamides is 1. The van der Waals surface area contributed by atoms with Gasteiger partial charge in [-0.2, -0.15) is 0 Å². The van der Waals surface area contributed by atoms with Gasteiger partial charge in [0.15, 0.2) is 5.76 Å². The van der Waals surface area contributed by atoms with E-state index in [1.54, 1.807) is 38.3 Å². The molecule has 1 aromatic carbocycles. The average molecular weight is 378 g/mol. The molecule has 3 rings (SSSR count). The van der Waals surface area contributed by atoms with Crippen molar-refractivity contribution < 1.29 is 17.7 Å². The van der Waals surface area contributed by atoms with Crippen LogP contribution in [0.2, 0.25) is 0 Å². The number of methoxy groups -OCH3 is 1. The van der Waals surface area contributed by atoms with Crippen LogP contribution in [0, 0.1) is 13.8 Å². The summed E-state index contributed by atoms with van der Waals surface area (Å²) < 4.78 is 38.2. The SMILES string of the molecule is COc1ccc(CNS(=O)(=O)c2cc(-c3cc(C)no3)sc2C)cc1. The van der Waals surface area contributed by atoms with Crippen LogP contribution in [0.5, 0.6) is 5.75 Å². The molecule has 0 aliphatic rings. The third-order valence-electron chi connectivity index (χ3n) is 3.66. The van der Waals surface area contributed by atoms with Gasteiger partial charge in [-0.05, 0) is 37.6 Å². The molecule has 0 atom stereocenters. The second-order valence-corrected chi connectivity index (χ2v) is 8.53. The van der Waals surface area contributed by atoms with E-state index in [0.29, 0.717) is 10.6 Å². The van der Waals surface area contributed by atoms with Crippen molar-refractivity contribution >= 4 is 21.4 Å². The molecule has 0 unspecified atom stereocenters. The van der Waals surface area contributed by atoms with Gasteiger partial charge >= 0.3 is 0 Å². The maximum Gasteiger partial charge on any atom is 0.241 e. The number of ether oxygens (including phenoxy) is 1. The zero-order valence-electron chi connectivity index (χ0n) is 14.1. The van der Waals surface area contributed by atoms with Gasteiger partial charge in [0, 0.05) is 17.5 Å². The predicted octanol–water partition coefficient (Wildman–Crippen LogP) is 3.51. The molecule has 6 nitrogen and oxygen atoms in total. The predicted molar refractivity (Wildman–Crippen MR) is 96.3 cm³/mol. The monoisotopic (exact) mass is 378 g/mol. The Morgan fingerprint density at radius 2 is 1.92 bits per heavy atom. The van der Waals surface area contributed by atoms with Crippen LogP contribution < -0.4 is 9.46 Å². The molecule has 8 heteroatoms. The minimum atomic E-state index is -3.62. The van der Waals surface area contributed by atoms with Gasteiger partial charge in [-0.1, -0.05) is 17.3 Å². The summed E-state index contributed by atoms with van der Waals surface area (Å²) in [5.41, 5.74) is 1.60. The van der Waals surface area contributed by atoms with Crippen molar-refractivity contribution in [3.05, 3.63) is 52.5 Å². The molecule has 0 saturated heterocycles. The first-order valence-electron chi connectivity index (χ1n) is 7.56. The van der Waals surface area contributed by atoms with Crippen molar-refractivity contribution in [1.82, 2.24) is 9.88 Å². The van der Waals surface area contributed by atoms with Crippen molar-refractivity contribution in [2.45, 2.75) is 25.3 Å². The van der Waals surface area contributed by atoms with Gasteiger partial charge in [0.25, 0.3) is 0 Å². The minimum Gasteiger partial charge on any atom is -0.497 e. The first kappa shape index (κ1) is 17.7. The van der Waals surface area contributed by atoms with E-state index in [9.17, 15) is 8.42 Å². The molecule has 1 N–H and O–H groups in total. The van der Waals surface area contributed by atoms with Crippen molar-refractivity contribution in [1.29, 1.82) is 0 Å². The Kier molecular flexibility index (Phi) is 4.94. The van der Waals surface area contributed by atoms with Gasteiger partial charge in [-0.3, -0.25) is 0 Å². The van der Waals surface area contributed by atoms with E-state index in [2.05, 4.69) is 9.88 Å². The third-order valence-corrected chi connectivity index (χ3v) is 6.38. The summed E-state index contributed by atoms with van der Waals surface area (Å²) in [5.74, 6) is 1.30. The fraction of sp³-hybridized carbons (Fsp3) is 0.235. The van der Waals surface area contributed by atoms with Crippen LogP contribution in [0.4, 0.5) is 0 Å². The normalized spacial score (nSPS) is 11.6. The number of thiophene rings is 1. The van der Waals surface area contributed by atoms with Crippen molar-refractivity contribution in [2.75, 3.05) is 7.11 Å². The number of aryl methyl sites for hydroxylation is 2. The van der Waals surface area contributed by atoms with Gasteiger partial charge in [-0.15, -0.1) is 11.3 Å². The van der Waals surface area contributed by atoms with Gasteiger partial charge in [0.1, 0.15) is 5.75 Å². The zero-order valence-corrected chi connectivity index (χ0v) is 15.7. The second kappa shape index (κ2) is 6.99.